The molecule has 1 aromatic rings. The van der Waals surface area contributed by atoms with Crippen LogP contribution in [-0.2, 0) is 14.2 Å². The molecule has 2 aliphatic heterocycles. The van der Waals surface area contributed by atoms with Crippen LogP contribution < -0.4 is 4.90 Å². The van der Waals surface area contributed by atoms with Gasteiger partial charge in [-0.1, -0.05) is 22.9 Å². The van der Waals surface area contributed by atoms with Crippen LogP contribution >= 0.6 is 22.9 Å². The summed E-state index contributed by atoms with van der Waals surface area (Å²) in [6.45, 7) is 4.19. The van der Waals surface area contributed by atoms with Crippen molar-refractivity contribution in [1.82, 2.24) is 4.98 Å². The Hall–Kier alpha value is -0.890. The summed E-state index contributed by atoms with van der Waals surface area (Å²) in [5.74, 6) is 0.115. The molecule has 0 N–H and O–H groups in total. The third-order valence-corrected chi connectivity index (χ3v) is 5.73. The summed E-state index contributed by atoms with van der Waals surface area (Å²) in [4.78, 5) is 18.4. The number of methoxy groups -OCH3 is 1. The fourth-order valence-corrected chi connectivity index (χ4v) is 4.10. The van der Waals surface area contributed by atoms with Gasteiger partial charge in [0.15, 0.2) is 15.2 Å². The fraction of sp³-hybridized carbons (Fsp3) is 0.733. The molecule has 0 radical (unpaired) electrons. The predicted molar refractivity (Wildman–Crippen MR) is 88.6 cm³/mol. The summed E-state index contributed by atoms with van der Waals surface area (Å²) < 4.78 is 16.1. The molecule has 0 aromatic carbocycles. The molecule has 1 atom stereocenters. The highest BCUT2D eigenvalue weighted by molar-refractivity contribution is 7.18. The van der Waals surface area contributed by atoms with Gasteiger partial charge in [-0.05, 0) is 19.3 Å². The summed E-state index contributed by atoms with van der Waals surface area (Å²) in [7, 11) is 1.34. The number of carbonyl (C=O) groups is 1. The van der Waals surface area contributed by atoms with E-state index in [0.29, 0.717) is 16.9 Å². The molecule has 23 heavy (non-hydrogen) atoms. The third kappa shape index (κ3) is 4.15. The first-order valence-corrected chi connectivity index (χ1v) is 9.05. The van der Waals surface area contributed by atoms with Gasteiger partial charge in [0.1, 0.15) is 0 Å². The van der Waals surface area contributed by atoms with E-state index in [0.717, 1.165) is 57.3 Å². The van der Waals surface area contributed by atoms with Gasteiger partial charge in [-0.15, -0.1) is 0 Å². The Bertz CT molecular complexity index is 540. The van der Waals surface area contributed by atoms with Crippen LogP contribution in [0.4, 0.5) is 5.13 Å². The predicted octanol–water partition coefficient (Wildman–Crippen LogP) is 2.61. The molecule has 2 saturated heterocycles. The molecule has 1 unspecified atom stereocenters. The van der Waals surface area contributed by atoms with Crippen molar-refractivity contribution in [3.8, 4) is 0 Å². The first-order valence-electron chi connectivity index (χ1n) is 7.86. The molecule has 0 spiro atoms. The lowest BCUT2D eigenvalue weighted by Gasteiger charge is -2.32. The summed E-state index contributed by atoms with van der Waals surface area (Å²) in [6, 6.07) is 0. The molecular weight excluding hydrogens is 340 g/mol. The van der Waals surface area contributed by atoms with Crippen molar-refractivity contribution < 1.29 is 19.0 Å². The number of hydrogen-bond acceptors (Lipinski definition) is 7. The van der Waals surface area contributed by atoms with Crippen molar-refractivity contribution in [2.45, 2.75) is 25.4 Å². The Balaban J connectivity index is 1.49. The zero-order valence-electron chi connectivity index (χ0n) is 13.1. The zero-order valence-corrected chi connectivity index (χ0v) is 14.7. The zero-order chi connectivity index (χ0) is 16.2. The highest BCUT2D eigenvalue weighted by Gasteiger charge is 2.26. The van der Waals surface area contributed by atoms with Crippen LogP contribution in [-0.4, -0.2) is 57.1 Å². The number of nitrogens with zero attached hydrogens (tertiary/aromatic N) is 2. The number of carbonyl (C=O) groups excluding carboxylic acids is 1. The summed E-state index contributed by atoms with van der Waals surface area (Å²) >= 11 is 7.31. The quantitative estimate of drug-likeness (QED) is 0.752. The maximum Gasteiger partial charge on any atom is 0.351 e. The molecule has 0 aliphatic carbocycles. The first kappa shape index (κ1) is 17.0. The number of thiazole rings is 1. The molecule has 8 heteroatoms. The van der Waals surface area contributed by atoms with Gasteiger partial charge in [-0.3, -0.25) is 0 Å². The minimum Gasteiger partial charge on any atom is -0.465 e. The van der Waals surface area contributed by atoms with Crippen LogP contribution in [0.5, 0.6) is 0 Å². The van der Waals surface area contributed by atoms with E-state index in [9.17, 15) is 4.79 Å². The largest absolute Gasteiger partial charge is 0.465 e. The van der Waals surface area contributed by atoms with E-state index in [2.05, 4.69) is 9.88 Å². The molecule has 0 bridgehead atoms. The SMILES string of the molecule is COC(=O)c1sc(N2CCC(OCC3CCOC3)CC2)nc1Cl. The number of anilines is 1. The highest BCUT2D eigenvalue weighted by atomic mass is 35.5. The number of esters is 1. The molecule has 3 rings (SSSR count). The van der Waals surface area contributed by atoms with E-state index in [4.69, 9.17) is 25.8 Å². The highest BCUT2D eigenvalue weighted by Crippen LogP contribution is 2.32. The molecule has 3 heterocycles. The van der Waals surface area contributed by atoms with Gasteiger partial charge in [-0.2, -0.15) is 0 Å². The summed E-state index contributed by atoms with van der Waals surface area (Å²) in [5.41, 5.74) is 0. The Morgan fingerprint density at radius 1 is 1.43 bits per heavy atom. The van der Waals surface area contributed by atoms with Crippen LogP contribution in [0.25, 0.3) is 0 Å². The molecule has 128 valence electrons. The van der Waals surface area contributed by atoms with Crippen molar-refractivity contribution in [2.75, 3.05) is 44.9 Å². The van der Waals surface area contributed by atoms with E-state index in [1.54, 1.807) is 0 Å². The van der Waals surface area contributed by atoms with Gasteiger partial charge in [0.05, 0.1) is 26.4 Å². The van der Waals surface area contributed by atoms with Crippen LogP contribution in [0.3, 0.4) is 0 Å². The van der Waals surface area contributed by atoms with E-state index in [-0.39, 0.29) is 5.15 Å². The maximum atomic E-state index is 11.6. The number of ether oxygens (including phenoxy) is 3. The Morgan fingerprint density at radius 3 is 2.87 bits per heavy atom. The van der Waals surface area contributed by atoms with Crippen molar-refractivity contribution in [3.05, 3.63) is 10.0 Å². The van der Waals surface area contributed by atoms with Gasteiger partial charge in [0.25, 0.3) is 0 Å². The second-order valence-electron chi connectivity index (χ2n) is 5.86. The molecule has 1 aromatic heterocycles. The summed E-state index contributed by atoms with van der Waals surface area (Å²) in [5, 5.41) is 0.995. The van der Waals surface area contributed by atoms with Crippen molar-refractivity contribution >= 4 is 34.0 Å². The average molecular weight is 361 g/mol. The number of aromatic nitrogens is 1. The maximum absolute atomic E-state index is 11.6. The van der Waals surface area contributed by atoms with Crippen molar-refractivity contribution in [2.24, 2.45) is 5.92 Å². The van der Waals surface area contributed by atoms with Gasteiger partial charge in [0, 0.05) is 25.6 Å². The smallest absolute Gasteiger partial charge is 0.351 e. The second kappa shape index (κ2) is 7.79. The normalized spacial score (nSPS) is 22.5. The number of hydrogen-bond donors (Lipinski definition) is 0. The minimum atomic E-state index is -0.434. The summed E-state index contributed by atoms with van der Waals surface area (Å²) in [6.07, 6.45) is 3.31. The topological polar surface area (TPSA) is 60.9 Å². The monoisotopic (exact) mass is 360 g/mol. The van der Waals surface area contributed by atoms with Crippen LogP contribution in [0.1, 0.15) is 28.9 Å². The number of piperidine rings is 1. The molecule has 6 nitrogen and oxygen atoms in total. The minimum absolute atomic E-state index is 0.219. The van der Waals surface area contributed by atoms with Crippen LogP contribution in [0.15, 0.2) is 0 Å². The number of halogens is 1. The standard InChI is InChI=1S/C15H21ClN2O4S/c1-20-14(19)12-13(16)17-15(23-12)18-5-2-11(3-6-18)22-9-10-4-7-21-8-10/h10-11H,2-9H2,1H3. The molecule has 0 saturated carbocycles. The Labute approximate surface area is 144 Å². The molecular formula is C15H21ClN2O4S. The van der Waals surface area contributed by atoms with E-state index in [1.807, 2.05) is 0 Å². The second-order valence-corrected chi connectivity index (χ2v) is 7.19. The van der Waals surface area contributed by atoms with Gasteiger partial charge >= 0.3 is 5.97 Å². The van der Waals surface area contributed by atoms with Crippen molar-refractivity contribution in [1.29, 1.82) is 0 Å². The van der Waals surface area contributed by atoms with Crippen molar-refractivity contribution in [3.63, 3.8) is 0 Å². The third-order valence-electron chi connectivity index (χ3n) is 4.25. The van der Waals surface area contributed by atoms with Gasteiger partial charge in [0.2, 0.25) is 0 Å². The van der Waals surface area contributed by atoms with Gasteiger partial charge < -0.3 is 19.1 Å². The average Bonchev–Trinajstić information content (AvgIpc) is 3.22. The first-order chi connectivity index (χ1) is 11.2. The lowest BCUT2D eigenvalue weighted by Crippen LogP contribution is -2.37. The van der Waals surface area contributed by atoms with E-state index in [1.165, 1.54) is 18.4 Å². The lowest BCUT2D eigenvalue weighted by molar-refractivity contribution is 0.0131. The van der Waals surface area contributed by atoms with Crippen LogP contribution in [0, 0.1) is 5.92 Å². The number of rotatable bonds is 5. The van der Waals surface area contributed by atoms with Gasteiger partial charge in [-0.25, -0.2) is 9.78 Å². The lowest BCUT2D eigenvalue weighted by atomic mass is 10.1. The van der Waals surface area contributed by atoms with E-state index >= 15 is 0 Å². The fourth-order valence-electron chi connectivity index (χ4n) is 2.85. The Kier molecular flexibility index (Phi) is 5.74. The Morgan fingerprint density at radius 2 is 2.22 bits per heavy atom. The molecule has 2 aliphatic rings. The molecule has 2 fully saturated rings. The van der Waals surface area contributed by atoms with Crippen LogP contribution in [0.2, 0.25) is 5.15 Å². The molecule has 0 amide bonds. The van der Waals surface area contributed by atoms with E-state index < -0.39 is 5.97 Å².